The van der Waals surface area contributed by atoms with Gasteiger partial charge in [-0.2, -0.15) is 0 Å². The highest BCUT2D eigenvalue weighted by Crippen LogP contribution is 2.39. The van der Waals surface area contributed by atoms with Crippen LogP contribution >= 0.6 is 11.8 Å². The van der Waals surface area contributed by atoms with Crippen molar-refractivity contribution < 1.29 is 19.7 Å². The number of carboxylic acid groups (broad SMARTS) is 1. The molecule has 1 atom stereocenters. The van der Waals surface area contributed by atoms with Crippen LogP contribution < -0.4 is 5.32 Å². The van der Waals surface area contributed by atoms with Crippen LogP contribution in [0.5, 0.6) is 0 Å². The van der Waals surface area contributed by atoms with E-state index in [4.69, 9.17) is 0 Å². The van der Waals surface area contributed by atoms with Gasteiger partial charge in [0.25, 0.3) is 11.4 Å². The zero-order valence-corrected chi connectivity index (χ0v) is 17.5. The Labute approximate surface area is 181 Å². The van der Waals surface area contributed by atoms with Crippen LogP contribution in [-0.2, 0) is 10.5 Å². The Morgan fingerprint density at radius 3 is 2.26 bits per heavy atom. The minimum Gasteiger partial charge on any atom is -0.478 e. The summed E-state index contributed by atoms with van der Waals surface area (Å²) in [4.78, 5) is 34.5. The summed E-state index contributed by atoms with van der Waals surface area (Å²) in [5.74, 6) is -1.86. The molecule has 0 bridgehead atoms. The zero-order chi connectivity index (χ0) is 22.7. The molecule has 31 heavy (non-hydrogen) atoms. The highest BCUT2D eigenvalue weighted by Gasteiger charge is 2.40. The Morgan fingerprint density at radius 2 is 1.68 bits per heavy atom. The lowest BCUT2D eigenvalue weighted by molar-refractivity contribution is -0.431. The number of carboxylic acids is 1. The second kappa shape index (κ2) is 9.00. The van der Waals surface area contributed by atoms with Crippen LogP contribution in [0.2, 0.25) is 0 Å². The van der Waals surface area contributed by atoms with E-state index in [1.165, 1.54) is 17.8 Å². The lowest BCUT2D eigenvalue weighted by Gasteiger charge is -2.25. The summed E-state index contributed by atoms with van der Waals surface area (Å²) >= 11 is 1.38. The van der Waals surface area contributed by atoms with Gasteiger partial charge in [-0.1, -0.05) is 30.3 Å². The summed E-state index contributed by atoms with van der Waals surface area (Å²) in [5, 5.41) is 35.3. The van der Waals surface area contributed by atoms with Crippen LogP contribution in [0.4, 0.5) is 5.69 Å². The van der Waals surface area contributed by atoms with Crippen LogP contribution in [0.15, 0.2) is 76.1 Å². The molecular formula is C21H19N3O6S. The van der Waals surface area contributed by atoms with Gasteiger partial charge in [0.1, 0.15) is 5.92 Å². The number of rotatable bonds is 7. The molecule has 1 aliphatic heterocycles. The molecule has 160 valence electrons. The number of hydrogen-bond acceptors (Lipinski definition) is 7. The first-order valence-corrected chi connectivity index (χ1v) is 10.2. The highest BCUT2D eigenvalue weighted by molar-refractivity contribution is 7.98. The van der Waals surface area contributed by atoms with E-state index in [9.17, 15) is 30.1 Å². The molecule has 0 saturated heterocycles. The molecule has 0 fully saturated rings. The molecule has 1 heterocycles. The Morgan fingerprint density at radius 1 is 1.03 bits per heavy atom. The van der Waals surface area contributed by atoms with Crippen LogP contribution in [0, 0.1) is 20.2 Å². The van der Waals surface area contributed by atoms with Crippen molar-refractivity contribution in [3.63, 3.8) is 0 Å². The number of aliphatic carboxylic acids is 1. The molecule has 1 unspecified atom stereocenters. The van der Waals surface area contributed by atoms with Crippen molar-refractivity contribution in [3.8, 4) is 0 Å². The number of nitrogens with zero attached hydrogens (tertiary/aromatic N) is 2. The minimum atomic E-state index is -1.23. The third-order valence-corrected chi connectivity index (χ3v) is 6.01. The molecule has 2 aromatic carbocycles. The summed E-state index contributed by atoms with van der Waals surface area (Å²) < 4.78 is 0. The summed E-state index contributed by atoms with van der Waals surface area (Å²) in [7, 11) is 0. The number of thioether (sulfide) groups is 1. The number of benzene rings is 2. The molecule has 0 aliphatic carbocycles. The lowest BCUT2D eigenvalue weighted by atomic mass is 9.84. The number of allylic oxidation sites excluding steroid dienone is 3. The smallest absolute Gasteiger partial charge is 0.334 e. The fraction of sp³-hybridized carbons (Fsp3) is 0.190. The third-order valence-electron chi connectivity index (χ3n) is 4.95. The monoisotopic (exact) mass is 441 g/mol. The SMILES string of the molecule is CC1=C(C(=O)O)C(c2ccc(SCc3ccccc3[N+](=O)[O-])cc2)C([N+](=O)[O-])=C(C)N1. The maximum atomic E-state index is 11.8. The molecule has 1 aliphatic rings. The second-order valence-corrected chi connectivity index (χ2v) is 7.96. The summed E-state index contributed by atoms with van der Waals surface area (Å²) in [6, 6.07) is 13.3. The molecule has 0 spiro atoms. The van der Waals surface area contributed by atoms with Crippen molar-refractivity contribution in [1.29, 1.82) is 0 Å². The first-order chi connectivity index (χ1) is 14.7. The third kappa shape index (κ3) is 4.58. The van der Waals surface area contributed by atoms with Crippen LogP contribution in [0.25, 0.3) is 0 Å². The Balaban J connectivity index is 1.89. The van der Waals surface area contributed by atoms with E-state index in [1.54, 1.807) is 56.3 Å². The minimum absolute atomic E-state index is 0.0456. The highest BCUT2D eigenvalue weighted by atomic mass is 32.2. The van der Waals surface area contributed by atoms with Gasteiger partial charge in [0.05, 0.1) is 21.1 Å². The quantitative estimate of drug-likeness (QED) is 0.366. The molecule has 2 N–H and O–H groups in total. The zero-order valence-electron chi connectivity index (χ0n) is 16.7. The lowest BCUT2D eigenvalue weighted by Crippen LogP contribution is -2.30. The van der Waals surface area contributed by atoms with Crippen molar-refractivity contribution in [1.82, 2.24) is 5.32 Å². The first kappa shape index (κ1) is 22.0. The maximum Gasteiger partial charge on any atom is 0.334 e. The summed E-state index contributed by atoms with van der Waals surface area (Å²) in [5.41, 5.74) is 1.49. The molecule has 2 aromatic rings. The normalized spacial score (nSPS) is 16.1. The second-order valence-electron chi connectivity index (χ2n) is 6.91. The number of nitro groups is 2. The van der Waals surface area contributed by atoms with Crippen molar-refractivity contribution >= 4 is 23.4 Å². The van der Waals surface area contributed by atoms with Gasteiger partial charge in [0.2, 0.25) is 0 Å². The van der Waals surface area contributed by atoms with Gasteiger partial charge in [0, 0.05) is 28.0 Å². The van der Waals surface area contributed by atoms with E-state index in [1.807, 2.05) is 0 Å². The van der Waals surface area contributed by atoms with Gasteiger partial charge in [-0.25, -0.2) is 4.79 Å². The van der Waals surface area contributed by atoms with Crippen molar-refractivity contribution in [2.75, 3.05) is 0 Å². The molecule has 0 radical (unpaired) electrons. The van der Waals surface area contributed by atoms with Crippen molar-refractivity contribution in [2.45, 2.75) is 30.4 Å². The average molecular weight is 441 g/mol. The van der Waals surface area contributed by atoms with Gasteiger partial charge in [-0.15, -0.1) is 11.8 Å². The first-order valence-electron chi connectivity index (χ1n) is 9.22. The van der Waals surface area contributed by atoms with Crippen molar-refractivity contribution in [2.24, 2.45) is 0 Å². The predicted octanol–water partition coefficient (Wildman–Crippen LogP) is 4.44. The number of para-hydroxylation sites is 1. The van der Waals surface area contributed by atoms with Gasteiger partial charge < -0.3 is 10.4 Å². The molecule has 0 aromatic heterocycles. The molecule has 10 heteroatoms. The Hall–Kier alpha value is -3.66. The number of dihydropyridines is 1. The predicted molar refractivity (Wildman–Crippen MR) is 115 cm³/mol. The fourth-order valence-electron chi connectivity index (χ4n) is 3.56. The Bertz CT molecular complexity index is 1090. The largest absolute Gasteiger partial charge is 0.478 e. The van der Waals surface area contributed by atoms with E-state index in [-0.39, 0.29) is 17.0 Å². The van der Waals surface area contributed by atoms with Crippen LogP contribution in [0.1, 0.15) is 30.9 Å². The van der Waals surface area contributed by atoms with E-state index in [0.717, 1.165) is 4.90 Å². The van der Waals surface area contributed by atoms with Crippen LogP contribution in [-0.4, -0.2) is 20.9 Å². The van der Waals surface area contributed by atoms with E-state index in [0.29, 0.717) is 28.3 Å². The topological polar surface area (TPSA) is 136 Å². The van der Waals surface area contributed by atoms with Crippen LogP contribution in [0.3, 0.4) is 0 Å². The van der Waals surface area contributed by atoms with E-state index >= 15 is 0 Å². The molecular weight excluding hydrogens is 422 g/mol. The maximum absolute atomic E-state index is 11.8. The molecule has 3 rings (SSSR count). The average Bonchev–Trinajstić information content (AvgIpc) is 2.71. The van der Waals surface area contributed by atoms with Gasteiger partial charge >= 0.3 is 5.97 Å². The summed E-state index contributed by atoms with van der Waals surface area (Å²) in [6.45, 7) is 3.12. The van der Waals surface area contributed by atoms with Gasteiger partial charge in [-0.05, 0) is 31.5 Å². The number of hydrogen-bond donors (Lipinski definition) is 2. The standard InChI is InChI=1S/C21H19N3O6S/c1-12-18(21(25)26)19(20(24(29)30)13(2)22-12)14-7-9-16(10-8-14)31-11-15-5-3-4-6-17(15)23(27)28/h3-10,19,22H,11H2,1-2H3,(H,25,26). The number of nitrogens with one attached hydrogen (secondary N) is 1. The van der Waals surface area contributed by atoms with Gasteiger partial charge in [0.15, 0.2) is 0 Å². The van der Waals surface area contributed by atoms with E-state index in [2.05, 4.69) is 5.32 Å². The van der Waals surface area contributed by atoms with E-state index < -0.39 is 21.7 Å². The fourth-order valence-corrected chi connectivity index (χ4v) is 4.46. The van der Waals surface area contributed by atoms with Gasteiger partial charge in [-0.3, -0.25) is 20.2 Å². The summed E-state index contributed by atoms with van der Waals surface area (Å²) in [6.07, 6.45) is 0. The molecule has 9 nitrogen and oxygen atoms in total. The molecule has 0 saturated carbocycles. The Kier molecular flexibility index (Phi) is 6.40. The number of nitro benzene ring substituents is 1. The molecule has 0 amide bonds. The van der Waals surface area contributed by atoms with Crippen molar-refractivity contribution in [3.05, 3.63) is 103 Å². The number of carbonyl (C=O) groups is 1.